The van der Waals surface area contributed by atoms with Crippen molar-refractivity contribution in [1.29, 1.82) is 0 Å². The molecular formula is C14H23BrN4O2. The minimum Gasteiger partial charge on any atom is -0.388 e. The summed E-state index contributed by atoms with van der Waals surface area (Å²) in [5, 5.41) is 15.1. The molecule has 1 aromatic rings. The highest BCUT2D eigenvalue weighted by molar-refractivity contribution is 9.10. The summed E-state index contributed by atoms with van der Waals surface area (Å²) in [5.74, 6) is -0.0293. The number of aromatic nitrogens is 2. The van der Waals surface area contributed by atoms with Crippen LogP contribution in [-0.4, -0.2) is 63.4 Å². The quantitative estimate of drug-likeness (QED) is 0.871. The number of carbonyl (C=O) groups is 1. The van der Waals surface area contributed by atoms with Crippen molar-refractivity contribution < 1.29 is 9.90 Å². The molecule has 0 saturated carbocycles. The van der Waals surface area contributed by atoms with Crippen LogP contribution in [0.2, 0.25) is 0 Å². The van der Waals surface area contributed by atoms with Crippen LogP contribution in [0.4, 0.5) is 0 Å². The summed E-state index contributed by atoms with van der Waals surface area (Å²) in [5.41, 5.74) is 0.0293. The first-order valence-corrected chi connectivity index (χ1v) is 7.91. The highest BCUT2D eigenvalue weighted by atomic mass is 79.9. The molecule has 6 nitrogen and oxygen atoms in total. The second-order valence-corrected chi connectivity index (χ2v) is 6.96. The predicted molar refractivity (Wildman–Crippen MR) is 83.7 cm³/mol. The molecule has 1 saturated heterocycles. The van der Waals surface area contributed by atoms with Gasteiger partial charge in [0.05, 0.1) is 22.2 Å². The average molecular weight is 359 g/mol. The fraction of sp³-hybridized carbons (Fsp3) is 0.714. The van der Waals surface area contributed by atoms with Gasteiger partial charge >= 0.3 is 0 Å². The molecule has 2 rings (SSSR count). The Kier molecular flexibility index (Phi) is 5.06. The summed E-state index contributed by atoms with van der Waals surface area (Å²) in [6, 6.07) is 0. The summed E-state index contributed by atoms with van der Waals surface area (Å²) in [6.45, 7) is 2.11. The molecule has 0 bridgehead atoms. The van der Waals surface area contributed by atoms with E-state index in [0.717, 1.165) is 23.1 Å². The van der Waals surface area contributed by atoms with E-state index in [1.165, 1.54) is 4.90 Å². The molecule has 21 heavy (non-hydrogen) atoms. The molecule has 1 aliphatic rings. The Morgan fingerprint density at radius 3 is 2.86 bits per heavy atom. The largest absolute Gasteiger partial charge is 0.388 e. The third-order valence-corrected chi connectivity index (χ3v) is 4.50. The summed E-state index contributed by atoms with van der Waals surface area (Å²) in [7, 11) is 5.32. The van der Waals surface area contributed by atoms with Gasteiger partial charge in [-0.05, 0) is 35.3 Å². The monoisotopic (exact) mass is 358 g/mol. The lowest BCUT2D eigenvalue weighted by Gasteiger charge is -2.39. The highest BCUT2D eigenvalue weighted by Crippen LogP contribution is 2.27. The Balaban J connectivity index is 2.00. The van der Waals surface area contributed by atoms with Gasteiger partial charge in [0.15, 0.2) is 0 Å². The van der Waals surface area contributed by atoms with Gasteiger partial charge in [0, 0.05) is 40.4 Å². The molecule has 0 aromatic carbocycles. The van der Waals surface area contributed by atoms with Crippen LogP contribution in [0.3, 0.4) is 0 Å². The highest BCUT2D eigenvalue weighted by Gasteiger charge is 2.36. The first-order chi connectivity index (χ1) is 9.79. The Labute approximate surface area is 133 Å². The Morgan fingerprint density at radius 2 is 2.29 bits per heavy atom. The summed E-state index contributed by atoms with van der Waals surface area (Å²) < 4.78 is 2.74. The second-order valence-electron chi connectivity index (χ2n) is 6.10. The number of hydrogen-bond donors (Lipinski definition) is 1. The zero-order valence-electron chi connectivity index (χ0n) is 12.8. The number of likely N-dealkylation sites (tertiary alicyclic amines) is 1. The Morgan fingerprint density at radius 1 is 1.57 bits per heavy atom. The van der Waals surface area contributed by atoms with Crippen molar-refractivity contribution >= 4 is 21.8 Å². The Bertz CT molecular complexity index is 517. The Hall–Kier alpha value is -0.920. The van der Waals surface area contributed by atoms with Gasteiger partial charge < -0.3 is 10.0 Å². The number of hydrogen-bond acceptors (Lipinski definition) is 4. The molecule has 1 fully saturated rings. The summed E-state index contributed by atoms with van der Waals surface area (Å²) >= 11 is 3.50. The lowest BCUT2D eigenvalue weighted by Crippen LogP contribution is -2.50. The lowest BCUT2D eigenvalue weighted by molar-refractivity contribution is -0.136. The third kappa shape index (κ3) is 4.28. The summed E-state index contributed by atoms with van der Waals surface area (Å²) in [4.78, 5) is 15.6. The van der Waals surface area contributed by atoms with E-state index in [1.807, 2.05) is 13.2 Å². The smallest absolute Gasteiger partial charge is 0.224 e. The van der Waals surface area contributed by atoms with E-state index in [-0.39, 0.29) is 12.3 Å². The van der Waals surface area contributed by atoms with Crippen LogP contribution in [0.5, 0.6) is 0 Å². The molecule has 1 amide bonds. The van der Waals surface area contributed by atoms with E-state index in [0.29, 0.717) is 19.5 Å². The molecule has 1 aliphatic heterocycles. The van der Waals surface area contributed by atoms with E-state index in [9.17, 15) is 9.90 Å². The maximum absolute atomic E-state index is 11.9. The fourth-order valence-corrected chi connectivity index (χ4v) is 3.25. The van der Waals surface area contributed by atoms with Gasteiger partial charge in [-0.25, -0.2) is 0 Å². The van der Waals surface area contributed by atoms with Crippen molar-refractivity contribution in [2.75, 3.05) is 27.2 Å². The van der Waals surface area contributed by atoms with Crippen LogP contribution in [0.15, 0.2) is 10.7 Å². The first-order valence-electron chi connectivity index (χ1n) is 7.12. The van der Waals surface area contributed by atoms with Crippen molar-refractivity contribution in [2.45, 2.75) is 31.4 Å². The van der Waals surface area contributed by atoms with Gasteiger partial charge in [-0.2, -0.15) is 5.10 Å². The van der Waals surface area contributed by atoms with E-state index in [4.69, 9.17) is 0 Å². The van der Waals surface area contributed by atoms with Crippen molar-refractivity contribution in [3.05, 3.63) is 16.4 Å². The number of rotatable bonds is 4. The van der Waals surface area contributed by atoms with E-state index < -0.39 is 5.60 Å². The average Bonchev–Trinajstić information content (AvgIpc) is 2.67. The van der Waals surface area contributed by atoms with Crippen LogP contribution < -0.4 is 0 Å². The number of aryl methyl sites for hydroxylation is 1. The van der Waals surface area contributed by atoms with Gasteiger partial charge in [-0.3, -0.25) is 14.4 Å². The van der Waals surface area contributed by atoms with Crippen LogP contribution in [0.1, 0.15) is 25.0 Å². The molecule has 1 unspecified atom stereocenters. The van der Waals surface area contributed by atoms with Gasteiger partial charge in [0.1, 0.15) is 0 Å². The maximum Gasteiger partial charge on any atom is 0.224 e. The molecule has 0 radical (unpaired) electrons. The number of halogens is 1. The number of nitrogens with zero attached hydrogens (tertiary/aromatic N) is 4. The number of β-amino-alcohol motifs (C(OH)–C–C–N with tert-alkyl or cyclic N) is 1. The van der Waals surface area contributed by atoms with Crippen LogP contribution in [-0.2, 0) is 18.4 Å². The fourth-order valence-electron chi connectivity index (χ4n) is 2.75. The maximum atomic E-state index is 11.9. The van der Waals surface area contributed by atoms with Crippen molar-refractivity contribution in [3.8, 4) is 0 Å². The standard InChI is InChI=1S/C14H23BrN4O2/c1-17(2)13(20)7-14(21)5-4-6-19(10-14)9-12-11(15)8-18(3)16-12/h8,21H,4-7,9-10H2,1-3H3. The zero-order chi connectivity index (χ0) is 15.6. The number of aliphatic hydroxyl groups is 1. The molecule has 7 heteroatoms. The van der Waals surface area contributed by atoms with Crippen molar-refractivity contribution in [1.82, 2.24) is 19.6 Å². The predicted octanol–water partition coefficient (Wildman–Crippen LogP) is 0.988. The SMILES string of the molecule is CN(C)C(=O)CC1(O)CCCN(Cc2nn(C)cc2Br)C1. The van der Waals surface area contributed by atoms with Gasteiger partial charge in [0.2, 0.25) is 5.91 Å². The molecule has 1 aromatic heterocycles. The molecule has 0 aliphatic carbocycles. The minimum absolute atomic E-state index is 0.0293. The minimum atomic E-state index is -0.930. The van der Waals surface area contributed by atoms with E-state index in [1.54, 1.807) is 18.8 Å². The van der Waals surface area contributed by atoms with Crippen LogP contribution >= 0.6 is 15.9 Å². The normalized spacial score (nSPS) is 23.3. The number of amides is 1. The lowest BCUT2D eigenvalue weighted by atomic mass is 9.89. The molecule has 2 heterocycles. The van der Waals surface area contributed by atoms with Crippen molar-refractivity contribution in [2.24, 2.45) is 7.05 Å². The van der Waals surface area contributed by atoms with Gasteiger partial charge in [-0.15, -0.1) is 0 Å². The van der Waals surface area contributed by atoms with Crippen molar-refractivity contribution in [3.63, 3.8) is 0 Å². The molecule has 0 spiro atoms. The summed E-state index contributed by atoms with van der Waals surface area (Å²) in [6.07, 6.45) is 3.66. The van der Waals surface area contributed by atoms with E-state index in [2.05, 4.69) is 25.9 Å². The van der Waals surface area contributed by atoms with Gasteiger partial charge in [-0.1, -0.05) is 0 Å². The number of carbonyl (C=O) groups excluding carboxylic acids is 1. The molecular weight excluding hydrogens is 336 g/mol. The zero-order valence-corrected chi connectivity index (χ0v) is 14.4. The van der Waals surface area contributed by atoms with Crippen LogP contribution in [0.25, 0.3) is 0 Å². The number of piperidine rings is 1. The molecule has 1 atom stereocenters. The van der Waals surface area contributed by atoms with E-state index >= 15 is 0 Å². The first kappa shape index (κ1) is 16.5. The molecule has 1 N–H and O–H groups in total. The van der Waals surface area contributed by atoms with Crippen LogP contribution in [0, 0.1) is 0 Å². The third-order valence-electron chi connectivity index (χ3n) is 3.84. The molecule has 118 valence electrons. The van der Waals surface area contributed by atoms with Gasteiger partial charge in [0.25, 0.3) is 0 Å². The topological polar surface area (TPSA) is 61.6 Å². The second kappa shape index (κ2) is 6.46.